The van der Waals surface area contributed by atoms with E-state index in [9.17, 15) is 0 Å². The van der Waals surface area contributed by atoms with Gasteiger partial charge in [0.2, 0.25) is 0 Å². The van der Waals surface area contributed by atoms with Crippen LogP contribution in [0.15, 0.2) is 15.9 Å². The minimum atomic E-state index is 0.0429. The lowest BCUT2D eigenvalue weighted by atomic mass is 9.96. The van der Waals surface area contributed by atoms with Gasteiger partial charge in [0.25, 0.3) is 0 Å². The van der Waals surface area contributed by atoms with Crippen molar-refractivity contribution < 1.29 is 0 Å². The Morgan fingerprint density at radius 3 is 2.50 bits per heavy atom. The maximum absolute atomic E-state index is 8.90. The first-order chi connectivity index (χ1) is 5.65. The second kappa shape index (κ2) is 4.06. The van der Waals surface area contributed by atoms with Crippen molar-refractivity contribution in [1.29, 1.82) is 5.26 Å². The monoisotopic (exact) mass is 243 g/mol. The van der Waals surface area contributed by atoms with Gasteiger partial charge >= 0.3 is 0 Å². The molecule has 0 spiro atoms. The minimum absolute atomic E-state index is 0.0429. The fourth-order valence-corrected chi connectivity index (χ4v) is 2.68. The van der Waals surface area contributed by atoms with Gasteiger partial charge in [0.05, 0.1) is 15.8 Å². The predicted octanol–water partition coefficient (Wildman–Crippen LogP) is 3.77. The summed E-state index contributed by atoms with van der Waals surface area (Å²) in [5.74, 6) is 0.432. The summed E-state index contributed by atoms with van der Waals surface area (Å²) in [7, 11) is 0. The van der Waals surface area contributed by atoms with Gasteiger partial charge < -0.3 is 0 Å². The fraction of sp³-hybridized carbons (Fsp3) is 0.444. The Bertz CT molecular complexity index is 298. The van der Waals surface area contributed by atoms with Crippen molar-refractivity contribution in [2.24, 2.45) is 5.92 Å². The molecule has 0 saturated heterocycles. The molecule has 0 aliphatic carbocycles. The molecule has 0 N–H and O–H groups in total. The Kier molecular flexibility index (Phi) is 3.30. The molecule has 0 fully saturated rings. The van der Waals surface area contributed by atoms with E-state index >= 15 is 0 Å². The van der Waals surface area contributed by atoms with Crippen molar-refractivity contribution in [2.75, 3.05) is 0 Å². The minimum Gasteiger partial charge on any atom is -0.198 e. The fourth-order valence-electron chi connectivity index (χ4n) is 1.04. The highest BCUT2D eigenvalue weighted by Crippen LogP contribution is 2.32. The predicted molar refractivity (Wildman–Crippen MR) is 55.2 cm³/mol. The highest BCUT2D eigenvalue weighted by atomic mass is 79.9. The number of nitriles is 1. The number of rotatable bonds is 2. The van der Waals surface area contributed by atoms with E-state index in [4.69, 9.17) is 5.26 Å². The van der Waals surface area contributed by atoms with E-state index < -0.39 is 0 Å². The summed E-state index contributed by atoms with van der Waals surface area (Å²) in [6, 6.07) is 6.33. The van der Waals surface area contributed by atoms with Crippen LogP contribution in [0.4, 0.5) is 0 Å². The van der Waals surface area contributed by atoms with Gasteiger partial charge in [-0.1, -0.05) is 13.8 Å². The molecule has 0 amide bonds. The Labute approximate surface area is 85.2 Å². The lowest BCUT2D eigenvalue weighted by Crippen LogP contribution is -2.01. The molecule has 1 aromatic heterocycles. The summed E-state index contributed by atoms with van der Waals surface area (Å²) >= 11 is 5.03. The van der Waals surface area contributed by atoms with Crippen molar-refractivity contribution in [3.05, 3.63) is 20.8 Å². The summed E-state index contributed by atoms with van der Waals surface area (Å²) in [5.41, 5.74) is 0. The van der Waals surface area contributed by atoms with Gasteiger partial charge in [-0.2, -0.15) is 5.26 Å². The molecule has 3 heteroatoms. The van der Waals surface area contributed by atoms with E-state index in [-0.39, 0.29) is 5.92 Å². The third-order valence-corrected chi connectivity index (χ3v) is 3.41. The number of hydrogen-bond donors (Lipinski definition) is 0. The van der Waals surface area contributed by atoms with Crippen LogP contribution in [0, 0.1) is 17.2 Å². The van der Waals surface area contributed by atoms with Crippen molar-refractivity contribution in [3.8, 4) is 6.07 Å². The van der Waals surface area contributed by atoms with Crippen LogP contribution in [0.25, 0.3) is 0 Å². The van der Waals surface area contributed by atoms with E-state index in [1.807, 2.05) is 12.1 Å². The lowest BCUT2D eigenvalue weighted by Gasteiger charge is -2.09. The van der Waals surface area contributed by atoms with Crippen LogP contribution in [-0.2, 0) is 0 Å². The summed E-state index contributed by atoms with van der Waals surface area (Å²) in [6.07, 6.45) is 0. The van der Waals surface area contributed by atoms with E-state index in [2.05, 4.69) is 35.8 Å². The van der Waals surface area contributed by atoms with Crippen molar-refractivity contribution in [1.82, 2.24) is 0 Å². The van der Waals surface area contributed by atoms with Gasteiger partial charge in [0.1, 0.15) is 0 Å². The van der Waals surface area contributed by atoms with Gasteiger partial charge in [-0.25, -0.2) is 0 Å². The third-order valence-electron chi connectivity index (χ3n) is 1.71. The van der Waals surface area contributed by atoms with Gasteiger partial charge in [0, 0.05) is 4.88 Å². The van der Waals surface area contributed by atoms with Crippen LogP contribution in [0.2, 0.25) is 0 Å². The smallest absolute Gasteiger partial charge is 0.0829 e. The van der Waals surface area contributed by atoms with Crippen LogP contribution in [0.3, 0.4) is 0 Å². The first kappa shape index (κ1) is 9.76. The molecule has 1 heterocycles. The number of hydrogen-bond acceptors (Lipinski definition) is 2. The van der Waals surface area contributed by atoms with Crippen LogP contribution in [0.5, 0.6) is 0 Å². The van der Waals surface area contributed by atoms with Crippen molar-refractivity contribution in [2.45, 2.75) is 19.8 Å². The molecule has 0 saturated carbocycles. The van der Waals surface area contributed by atoms with E-state index in [0.717, 1.165) is 8.66 Å². The molecule has 1 unspecified atom stereocenters. The second-order valence-corrected chi connectivity index (χ2v) is 5.49. The summed E-state index contributed by atoms with van der Waals surface area (Å²) in [4.78, 5) is 1.15. The molecule has 1 nitrogen and oxygen atoms in total. The van der Waals surface area contributed by atoms with Crippen LogP contribution >= 0.6 is 27.3 Å². The molecule has 64 valence electrons. The average Bonchev–Trinajstić information content (AvgIpc) is 2.37. The first-order valence-corrected chi connectivity index (χ1v) is 5.41. The zero-order valence-electron chi connectivity index (χ0n) is 7.04. The summed E-state index contributed by atoms with van der Waals surface area (Å²) < 4.78 is 1.10. The van der Waals surface area contributed by atoms with Gasteiger partial charge in [-0.3, -0.25) is 0 Å². The molecule has 0 bridgehead atoms. The molecule has 12 heavy (non-hydrogen) atoms. The number of thiophene rings is 1. The Morgan fingerprint density at radius 1 is 1.50 bits per heavy atom. The molecular weight excluding hydrogens is 234 g/mol. The van der Waals surface area contributed by atoms with Crippen LogP contribution < -0.4 is 0 Å². The molecule has 0 aromatic carbocycles. The quantitative estimate of drug-likeness (QED) is 0.776. The summed E-state index contributed by atoms with van der Waals surface area (Å²) in [5, 5.41) is 8.90. The van der Waals surface area contributed by atoms with Gasteiger partial charge in [-0.05, 0) is 34.0 Å². The zero-order valence-corrected chi connectivity index (χ0v) is 9.45. The maximum Gasteiger partial charge on any atom is 0.0829 e. The van der Waals surface area contributed by atoms with E-state index in [1.54, 1.807) is 11.3 Å². The maximum atomic E-state index is 8.90. The molecule has 1 atom stereocenters. The van der Waals surface area contributed by atoms with Crippen molar-refractivity contribution in [3.63, 3.8) is 0 Å². The normalized spacial score (nSPS) is 12.9. The number of nitrogens with zero attached hydrogens (tertiary/aromatic N) is 1. The molecule has 1 aromatic rings. The standard InChI is InChI=1S/C9H10BrNS/c1-6(2)7(5-11)8-3-4-9(10)12-8/h3-4,6-7H,1-2H3. The van der Waals surface area contributed by atoms with Gasteiger partial charge in [0.15, 0.2) is 0 Å². The molecule has 0 radical (unpaired) electrons. The van der Waals surface area contributed by atoms with Gasteiger partial charge in [-0.15, -0.1) is 11.3 Å². The first-order valence-electron chi connectivity index (χ1n) is 3.80. The Morgan fingerprint density at radius 2 is 2.17 bits per heavy atom. The second-order valence-electron chi connectivity index (χ2n) is 2.99. The molecule has 0 aliphatic rings. The third kappa shape index (κ3) is 2.09. The highest BCUT2D eigenvalue weighted by molar-refractivity contribution is 9.11. The van der Waals surface area contributed by atoms with E-state index in [1.165, 1.54) is 0 Å². The van der Waals surface area contributed by atoms with E-state index in [0.29, 0.717) is 5.92 Å². The molecular formula is C9H10BrNS. The Balaban J connectivity index is 2.89. The van der Waals surface area contributed by atoms with Crippen LogP contribution in [-0.4, -0.2) is 0 Å². The lowest BCUT2D eigenvalue weighted by molar-refractivity contribution is 0.594. The molecule has 1 rings (SSSR count). The topological polar surface area (TPSA) is 23.8 Å². The van der Waals surface area contributed by atoms with Crippen molar-refractivity contribution >= 4 is 27.3 Å². The Hall–Kier alpha value is -0.330. The highest BCUT2D eigenvalue weighted by Gasteiger charge is 2.16. The van der Waals surface area contributed by atoms with Crippen LogP contribution in [0.1, 0.15) is 24.6 Å². The largest absolute Gasteiger partial charge is 0.198 e. The molecule has 0 aliphatic heterocycles. The average molecular weight is 244 g/mol. The zero-order chi connectivity index (χ0) is 9.14. The summed E-state index contributed by atoms with van der Waals surface area (Å²) in [6.45, 7) is 4.14. The number of halogens is 1. The SMILES string of the molecule is CC(C)C(C#N)c1ccc(Br)s1.